The summed E-state index contributed by atoms with van der Waals surface area (Å²) < 4.78 is 2.13. The van der Waals surface area contributed by atoms with E-state index in [0.717, 1.165) is 26.1 Å². The van der Waals surface area contributed by atoms with Gasteiger partial charge in [-0.15, -0.1) is 0 Å². The Hall–Kier alpha value is -0.870. The van der Waals surface area contributed by atoms with Gasteiger partial charge in [0.1, 0.15) is 5.82 Å². The fourth-order valence-corrected chi connectivity index (χ4v) is 2.88. The van der Waals surface area contributed by atoms with Crippen molar-refractivity contribution in [1.29, 1.82) is 0 Å². The van der Waals surface area contributed by atoms with Gasteiger partial charge in [-0.3, -0.25) is 4.90 Å². The van der Waals surface area contributed by atoms with Crippen LogP contribution in [-0.2, 0) is 13.5 Å². The predicted octanol–water partition coefficient (Wildman–Crippen LogP) is 1.82. The van der Waals surface area contributed by atoms with Crippen LogP contribution in [0.5, 0.6) is 0 Å². The molecule has 1 saturated heterocycles. The van der Waals surface area contributed by atoms with Gasteiger partial charge >= 0.3 is 0 Å². The second kappa shape index (κ2) is 6.06. The molecule has 1 aliphatic heterocycles. The number of aromatic nitrogens is 2. The Morgan fingerprint density at radius 2 is 2.26 bits per heavy atom. The van der Waals surface area contributed by atoms with Crippen molar-refractivity contribution in [2.75, 3.05) is 19.6 Å². The van der Waals surface area contributed by atoms with Crippen LogP contribution in [-0.4, -0.2) is 45.7 Å². The Morgan fingerprint density at radius 3 is 2.84 bits per heavy atom. The number of piperazine rings is 1. The van der Waals surface area contributed by atoms with Crippen molar-refractivity contribution in [3.63, 3.8) is 0 Å². The minimum Gasteiger partial charge on any atom is -0.338 e. The zero-order chi connectivity index (χ0) is 13.9. The van der Waals surface area contributed by atoms with Gasteiger partial charge in [-0.05, 0) is 19.8 Å². The van der Waals surface area contributed by atoms with Crippen LogP contribution in [0, 0.1) is 0 Å². The normalized spacial score (nSPS) is 28.7. The van der Waals surface area contributed by atoms with Gasteiger partial charge in [-0.1, -0.05) is 13.8 Å². The van der Waals surface area contributed by atoms with Crippen molar-refractivity contribution < 1.29 is 0 Å². The van der Waals surface area contributed by atoms with Crippen molar-refractivity contribution in [1.82, 2.24) is 19.8 Å². The van der Waals surface area contributed by atoms with Crippen molar-refractivity contribution >= 4 is 0 Å². The van der Waals surface area contributed by atoms with E-state index in [4.69, 9.17) is 0 Å². The molecule has 2 unspecified atom stereocenters. The SMILES string of the molecule is CCC1CN(CCc2nccn2C)C(C)(CC)CN1. The molecule has 0 saturated carbocycles. The topological polar surface area (TPSA) is 33.1 Å². The third-order valence-corrected chi connectivity index (χ3v) is 4.76. The van der Waals surface area contributed by atoms with E-state index in [1.165, 1.54) is 18.7 Å². The van der Waals surface area contributed by atoms with Gasteiger partial charge in [-0.2, -0.15) is 0 Å². The fraction of sp³-hybridized carbons (Fsp3) is 0.800. The molecule has 1 fully saturated rings. The summed E-state index contributed by atoms with van der Waals surface area (Å²) in [5, 5.41) is 3.68. The summed E-state index contributed by atoms with van der Waals surface area (Å²) in [7, 11) is 2.08. The first-order valence-corrected chi connectivity index (χ1v) is 7.53. The summed E-state index contributed by atoms with van der Waals surface area (Å²) in [6.45, 7) is 10.3. The van der Waals surface area contributed by atoms with E-state index < -0.39 is 0 Å². The summed E-state index contributed by atoms with van der Waals surface area (Å²) in [5.74, 6) is 1.19. The first-order valence-electron chi connectivity index (χ1n) is 7.53. The van der Waals surface area contributed by atoms with E-state index >= 15 is 0 Å². The molecule has 1 aromatic heterocycles. The van der Waals surface area contributed by atoms with Gasteiger partial charge in [0.05, 0.1) is 0 Å². The van der Waals surface area contributed by atoms with Crippen LogP contribution < -0.4 is 5.32 Å². The van der Waals surface area contributed by atoms with Gasteiger partial charge < -0.3 is 9.88 Å². The highest BCUT2D eigenvalue weighted by Gasteiger charge is 2.35. The molecule has 1 aromatic rings. The van der Waals surface area contributed by atoms with E-state index in [1.807, 2.05) is 12.4 Å². The van der Waals surface area contributed by atoms with Crippen LogP contribution in [0.1, 0.15) is 39.4 Å². The summed E-state index contributed by atoms with van der Waals surface area (Å²) in [6, 6.07) is 0.640. The lowest BCUT2D eigenvalue weighted by Crippen LogP contribution is -2.63. The van der Waals surface area contributed by atoms with Gasteiger partial charge in [0, 0.05) is 57.1 Å². The molecule has 2 heterocycles. The molecule has 0 aliphatic carbocycles. The number of aryl methyl sites for hydroxylation is 1. The molecular formula is C15H28N4. The van der Waals surface area contributed by atoms with Crippen LogP contribution in [0.15, 0.2) is 12.4 Å². The molecule has 0 amide bonds. The number of nitrogens with zero attached hydrogens (tertiary/aromatic N) is 3. The summed E-state index contributed by atoms with van der Waals surface area (Å²) in [4.78, 5) is 7.09. The van der Waals surface area contributed by atoms with E-state index in [1.54, 1.807) is 0 Å². The fourth-order valence-electron chi connectivity index (χ4n) is 2.88. The first kappa shape index (κ1) is 14.5. The van der Waals surface area contributed by atoms with E-state index in [2.05, 4.69) is 47.6 Å². The highest BCUT2D eigenvalue weighted by molar-refractivity contribution is 4.98. The quantitative estimate of drug-likeness (QED) is 0.880. The van der Waals surface area contributed by atoms with Crippen molar-refractivity contribution in [3.05, 3.63) is 18.2 Å². The van der Waals surface area contributed by atoms with Gasteiger partial charge in [0.25, 0.3) is 0 Å². The molecule has 2 atom stereocenters. The molecule has 0 aromatic carbocycles. The van der Waals surface area contributed by atoms with Crippen LogP contribution >= 0.6 is 0 Å². The summed E-state index contributed by atoms with van der Waals surface area (Å²) in [6.07, 6.45) is 7.35. The number of nitrogens with one attached hydrogen (secondary N) is 1. The molecule has 19 heavy (non-hydrogen) atoms. The number of rotatable bonds is 5. The molecular weight excluding hydrogens is 236 g/mol. The molecule has 0 spiro atoms. The van der Waals surface area contributed by atoms with E-state index in [-0.39, 0.29) is 5.54 Å². The zero-order valence-electron chi connectivity index (χ0n) is 12.8. The second-order valence-corrected chi connectivity index (χ2v) is 5.99. The molecule has 1 aliphatic rings. The Kier molecular flexibility index (Phi) is 4.63. The molecule has 1 N–H and O–H groups in total. The lowest BCUT2D eigenvalue weighted by atomic mass is 9.91. The standard InChI is InChI=1S/C15H28N4/c1-5-13-11-19(15(3,6-2)12-17-13)9-7-14-16-8-10-18(14)4/h8,10,13,17H,5-7,9,11-12H2,1-4H3. The third-order valence-electron chi connectivity index (χ3n) is 4.76. The number of hydrogen-bond donors (Lipinski definition) is 1. The number of imidazole rings is 1. The highest BCUT2D eigenvalue weighted by atomic mass is 15.3. The van der Waals surface area contributed by atoms with Crippen LogP contribution in [0.4, 0.5) is 0 Å². The monoisotopic (exact) mass is 264 g/mol. The molecule has 2 rings (SSSR count). The number of hydrogen-bond acceptors (Lipinski definition) is 3. The van der Waals surface area contributed by atoms with Gasteiger partial charge in [0.15, 0.2) is 0 Å². The molecule has 4 heteroatoms. The Balaban J connectivity index is 2.00. The second-order valence-electron chi connectivity index (χ2n) is 5.99. The van der Waals surface area contributed by atoms with Crippen LogP contribution in [0.2, 0.25) is 0 Å². The maximum atomic E-state index is 4.43. The minimum absolute atomic E-state index is 0.289. The largest absolute Gasteiger partial charge is 0.338 e. The van der Waals surface area contributed by atoms with Crippen molar-refractivity contribution in [3.8, 4) is 0 Å². The van der Waals surface area contributed by atoms with E-state index in [0.29, 0.717) is 6.04 Å². The average Bonchev–Trinajstić information content (AvgIpc) is 2.83. The Bertz CT molecular complexity index is 401. The molecule has 108 valence electrons. The predicted molar refractivity (Wildman–Crippen MR) is 79.3 cm³/mol. The van der Waals surface area contributed by atoms with Crippen molar-refractivity contribution in [2.45, 2.75) is 51.6 Å². The average molecular weight is 264 g/mol. The summed E-state index contributed by atoms with van der Waals surface area (Å²) >= 11 is 0. The Labute approximate surface area is 117 Å². The highest BCUT2D eigenvalue weighted by Crippen LogP contribution is 2.23. The molecule has 0 bridgehead atoms. The lowest BCUT2D eigenvalue weighted by molar-refractivity contribution is 0.0486. The molecule has 0 radical (unpaired) electrons. The lowest BCUT2D eigenvalue weighted by Gasteiger charge is -2.48. The van der Waals surface area contributed by atoms with Gasteiger partial charge in [0.2, 0.25) is 0 Å². The third kappa shape index (κ3) is 3.18. The van der Waals surface area contributed by atoms with Crippen LogP contribution in [0.25, 0.3) is 0 Å². The minimum atomic E-state index is 0.289. The van der Waals surface area contributed by atoms with Crippen molar-refractivity contribution in [2.24, 2.45) is 7.05 Å². The maximum absolute atomic E-state index is 4.43. The Morgan fingerprint density at radius 1 is 1.47 bits per heavy atom. The first-order chi connectivity index (χ1) is 9.09. The molecule has 4 nitrogen and oxygen atoms in total. The smallest absolute Gasteiger partial charge is 0.109 e. The summed E-state index contributed by atoms with van der Waals surface area (Å²) in [5.41, 5.74) is 0.289. The van der Waals surface area contributed by atoms with Crippen LogP contribution in [0.3, 0.4) is 0 Å². The van der Waals surface area contributed by atoms with E-state index in [9.17, 15) is 0 Å². The zero-order valence-corrected chi connectivity index (χ0v) is 12.8. The maximum Gasteiger partial charge on any atom is 0.109 e. The van der Waals surface area contributed by atoms with Gasteiger partial charge in [-0.25, -0.2) is 4.98 Å².